The summed E-state index contributed by atoms with van der Waals surface area (Å²) >= 11 is 0. The molecule has 0 unspecified atom stereocenters. The van der Waals surface area contributed by atoms with Crippen molar-refractivity contribution < 1.29 is 4.79 Å². The van der Waals surface area contributed by atoms with Crippen LogP contribution in [0.2, 0.25) is 0 Å². The van der Waals surface area contributed by atoms with E-state index >= 15 is 0 Å². The van der Waals surface area contributed by atoms with Gasteiger partial charge in [-0.05, 0) is 33.3 Å². The zero-order valence-electron chi connectivity index (χ0n) is 10.2. The van der Waals surface area contributed by atoms with Gasteiger partial charge in [0.15, 0.2) is 5.78 Å². The number of carbonyl (C=O) groups excluding carboxylic acids is 1. The second-order valence-corrected chi connectivity index (χ2v) is 3.69. The molecule has 0 saturated heterocycles. The largest absolute Gasteiger partial charge is 0.293 e. The normalized spacial score (nSPS) is 12.3. The van der Waals surface area contributed by atoms with E-state index in [0.717, 1.165) is 16.8 Å². The summed E-state index contributed by atoms with van der Waals surface area (Å²) in [7, 11) is 0. The van der Waals surface area contributed by atoms with E-state index in [2.05, 4.69) is 11.6 Å². The molecular formula is C13H19NO. The second-order valence-electron chi connectivity index (χ2n) is 3.69. The van der Waals surface area contributed by atoms with Crippen LogP contribution in [0.15, 0.2) is 40.6 Å². The average molecular weight is 205 g/mol. The Labute approximate surface area is 92.1 Å². The monoisotopic (exact) mass is 205 g/mol. The first-order valence-electron chi connectivity index (χ1n) is 4.93. The van der Waals surface area contributed by atoms with E-state index in [1.807, 2.05) is 26.8 Å². The number of carbonyl (C=O) groups is 1. The van der Waals surface area contributed by atoms with Crippen LogP contribution in [0, 0.1) is 0 Å². The van der Waals surface area contributed by atoms with E-state index in [4.69, 9.17) is 0 Å². The number of rotatable bonds is 4. The van der Waals surface area contributed by atoms with Gasteiger partial charge in [0.05, 0.1) is 11.4 Å². The molecule has 0 aromatic rings. The molecular weight excluding hydrogens is 186 g/mol. The van der Waals surface area contributed by atoms with Gasteiger partial charge >= 0.3 is 0 Å². The van der Waals surface area contributed by atoms with Crippen molar-refractivity contribution in [2.75, 3.05) is 0 Å². The molecule has 2 heteroatoms. The summed E-state index contributed by atoms with van der Waals surface area (Å²) in [6, 6.07) is 0. The number of ketones is 1. The van der Waals surface area contributed by atoms with Crippen LogP contribution in [0.4, 0.5) is 0 Å². The quantitative estimate of drug-likeness (QED) is 0.510. The van der Waals surface area contributed by atoms with Crippen molar-refractivity contribution in [3.8, 4) is 0 Å². The number of Topliss-reactive ketones (excluding diaryl/α,β-unsaturated/α-hetero) is 1. The van der Waals surface area contributed by atoms with Gasteiger partial charge in [-0.15, -0.1) is 0 Å². The number of hydrogen-bond donors (Lipinski definition) is 0. The summed E-state index contributed by atoms with van der Waals surface area (Å²) in [5.74, 6) is 0.000142. The van der Waals surface area contributed by atoms with E-state index in [9.17, 15) is 4.79 Å². The lowest BCUT2D eigenvalue weighted by atomic mass is 10.1. The maximum atomic E-state index is 11.1. The van der Waals surface area contributed by atoms with Crippen molar-refractivity contribution in [2.24, 2.45) is 4.99 Å². The van der Waals surface area contributed by atoms with Gasteiger partial charge in [-0.25, -0.2) is 4.99 Å². The third-order valence-electron chi connectivity index (χ3n) is 2.00. The minimum absolute atomic E-state index is 0.000142. The molecule has 0 aliphatic rings. The standard InChI is InChI=1S/C13H19NO/c1-7-8-10(4)13(9(2)3)14-11(5)12(6)15/h7-8H,1H2,2-6H3/b10-8-,14-11?. The molecule has 0 aromatic carbocycles. The third-order valence-corrected chi connectivity index (χ3v) is 2.00. The Morgan fingerprint density at radius 1 is 1.13 bits per heavy atom. The Balaban J connectivity index is 5.31. The molecule has 0 saturated carbocycles. The van der Waals surface area contributed by atoms with Gasteiger partial charge in [-0.1, -0.05) is 24.3 Å². The van der Waals surface area contributed by atoms with Crippen LogP contribution in [0.1, 0.15) is 34.6 Å². The van der Waals surface area contributed by atoms with Crippen LogP contribution < -0.4 is 0 Å². The molecule has 0 aliphatic carbocycles. The van der Waals surface area contributed by atoms with Crippen LogP contribution in [-0.4, -0.2) is 11.5 Å². The van der Waals surface area contributed by atoms with E-state index in [0.29, 0.717) is 5.71 Å². The van der Waals surface area contributed by atoms with E-state index < -0.39 is 0 Å². The van der Waals surface area contributed by atoms with E-state index in [-0.39, 0.29) is 5.78 Å². The van der Waals surface area contributed by atoms with Gasteiger partial charge in [-0.2, -0.15) is 0 Å². The fourth-order valence-electron chi connectivity index (χ4n) is 1.10. The highest BCUT2D eigenvalue weighted by Crippen LogP contribution is 2.16. The average Bonchev–Trinajstić information content (AvgIpc) is 2.13. The molecule has 0 aliphatic heterocycles. The van der Waals surface area contributed by atoms with E-state index in [1.165, 1.54) is 6.92 Å². The van der Waals surface area contributed by atoms with Crippen molar-refractivity contribution in [1.82, 2.24) is 0 Å². The fraction of sp³-hybridized carbons (Fsp3) is 0.385. The molecule has 0 radical (unpaired) electrons. The molecule has 15 heavy (non-hydrogen) atoms. The lowest BCUT2D eigenvalue weighted by Crippen LogP contribution is -2.05. The summed E-state index contributed by atoms with van der Waals surface area (Å²) in [6.45, 7) is 12.8. The molecule has 0 fully saturated rings. The molecule has 0 rings (SSSR count). The predicted molar refractivity (Wildman–Crippen MR) is 66.1 cm³/mol. The Morgan fingerprint density at radius 2 is 1.67 bits per heavy atom. The zero-order valence-corrected chi connectivity index (χ0v) is 10.2. The molecule has 0 bridgehead atoms. The minimum Gasteiger partial charge on any atom is -0.293 e. The van der Waals surface area contributed by atoms with Crippen LogP contribution in [-0.2, 0) is 4.79 Å². The number of aliphatic imine (C=N–C) groups is 1. The molecule has 82 valence electrons. The van der Waals surface area contributed by atoms with Gasteiger partial charge in [0.25, 0.3) is 0 Å². The van der Waals surface area contributed by atoms with Crippen LogP contribution in [0.3, 0.4) is 0 Å². The van der Waals surface area contributed by atoms with Gasteiger partial charge < -0.3 is 0 Å². The number of allylic oxidation sites excluding steroid dienone is 4. The second kappa shape index (κ2) is 6.12. The molecule has 0 amide bonds. The van der Waals surface area contributed by atoms with Gasteiger partial charge in [0, 0.05) is 6.92 Å². The third kappa shape index (κ3) is 4.54. The zero-order chi connectivity index (χ0) is 12.0. The first-order chi connectivity index (χ1) is 6.90. The summed E-state index contributed by atoms with van der Waals surface area (Å²) in [5.41, 5.74) is 3.50. The van der Waals surface area contributed by atoms with Crippen molar-refractivity contribution in [3.05, 3.63) is 35.6 Å². The first kappa shape index (κ1) is 13.6. The first-order valence-corrected chi connectivity index (χ1v) is 4.93. The highest BCUT2D eigenvalue weighted by molar-refractivity contribution is 6.38. The van der Waals surface area contributed by atoms with Gasteiger partial charge in [-0.3, -0.25) is 4.79 Å². The Hall–Kier alpha value is -1.44. The molecule has 0 heterocycles. The van der Waals surface area contributed by atoms with Crippen molar-refractivity contribution >= 4 is 11.5 Å². The highest BCUT2D eigenvalue weighted by Gasteiger charge is 2.03. The van der Waals surface area contributed by atoms with Gasteiger partial charge in [0.1, 0.15) is 0 Å². The Morgan fingerprint density at radius 3 is 2.00 bits per heavy atom. The Kier molecular flexibility index (Phi) is 5.53. The van der Waals surface area contributed by atoms with Crippen molar-refractivity contribution in [1.29, 1.82) is 0 Å². The number of hydrogen-bond acceptors (Lipinski definition) is 2. The maximum absolute atomic E-state index is 11.1. The lowest BCUT2D eigenvalue weighted by molar-refractivity contribution is -0.111. The Bertz CT molecular complexity index is 353. The fourth-order valence-corrected chi connectivity index (χ4v) is 1.10. The molecule has 0 spiro atoms. The lowest BCUT2D eigenvalue weighted by Gasteiger charge is -2.05. The summed E-state index contributed by atoms with van der Waals surface area (Å²) in [5, 5.41) is 0. The molecule has 0 N–H and O–H groups in total. The summed E-state index contributed by atoms with van der Waals surface area (Å²) < 4.78 is 0. The topological polar surface area (TPSA) is 29.4 Å². The molecule has 0 atom stereocenters. The number of nitrogens with zero attached hydrogens (tertiary/aromatic N) is 1. The minimum atomic E-state index is 0.000142. The SMILES string of the molecule is C=C/C=C(/C)C(N=C(C)C(C)=O)=C(C)C. The summed E-state index contributed by atoms with van der Waals surface area (Å²) in [4.78, 5) is 15.4. The van der Waals surface area contributed by atoms with E-state index in [1.54, 1.807) is 13.0 Å². The maximum Gasteiger partial charge on any atom is 0.173 e. The van der Waals surface area contributed by atoms with Crippen molar-refractivity contribution in [2.45, 2.75) is 34.6 Å². The van der Waals surface area contributed by atoms with Crippen LogP contribution in [0.5, 0.6) is 0 Å². The van der Waals surface area contributed by atoms with Crippen molar-refractivity contribution in [3.63, 3.8) is 0 Å². The molecule has 2 nitrogen and oxygen atoms in total. The van der Waals surface area contributed by atoms with Gasteiger partial charge in [0.2, 0.25) is 0 Å². The smallest absolute Gasteiger partial charge is 0.173 e. The van der Waals surface area contributed by atoms with Crippen LogP contribution >= 0.6 is 0 Å². The van der Waals surface area contributed by atoms with Crippen LogP contribution in [0.25, 0.3) is 0 Å². The molecule has 0 aromatic heterocycles. The summed E-state index contributed by atoms with van der Waals surface area (Å²) in [6.07, 6.45) is 3.61. The predicted octanol–water partition coefficient (Wildman–Crippen LogP) is 3.46. The highest BCUT2D eigenvalue weighted by atomic mass is 16.1.